The molecular weight excluding hydrogens is 190 g/mol. The first-order valence-electron chi connectivity index (χ1n) is 4.38. The van der Waals surface area contributed by atoms with Gasteiger partial charge in [0.25, 0.3) is 0 Å². The van der Waals surface area contributed by atoms with Crippen LogP contribution in [0.1, 0.15) is 0 Å². The molecule has 0 radical (unpaired) electrons. The first kappa shape index (κ1) is 9.21. The predicted molar refractivity (Wildman–Crippen MR) is 56.5 cm³/mol. The van der Waals surface area contributed by atoms with Gasteiger partial charge in [-0.3, -0.25) is 0 Å². The minimum Gasteiger partial charge on any atom is -0.373 e. The molecule has 5 heteroatoms. The number of terminal acetylenes is 1. The Morgan fingerprint density at radius 3 is 3.00 bits per heavy atom. The van der Waals surface area contributed by atoms with Crippen molar-refractivity contribution in [2.45, 2.75) is 0 Å². The fraction of sp³-hybridized carbons (Fsp3) is 0.100. The van der Waals surface area contributed by atoms with Crippen LogP contribution in [0, 0.1) is 12.3 Å². The Bertz CT molecular complexity index is 452. The zero-order valence-electron chi connectivity index (χ0n) is 7.96. The molecule has 2 heterocycles. The lowest BCUT2D eigenvalue weighted by Crippen LogP contribution is -2.01. The van der Waals surface area contributed by atoms with E-state index in [1.54, 1.807) is 17.2 Å². The van der Waals surface area contributed by atoms with E-state index in [2.05, 4.69) is 26.3 Å². The summed E-state index contributed by atoms with van der Waals surface area (Å²) in [6.07, 6.45) is 9.89. The fourth-order valence-corrected chi connectivity index (χ4v) is 1.11. The van der Waals surface area contributed by atoms with Crippen LogP contribution in [-0.2, 0) is 0 Å². The van der Waals surface area contributed by atoms with E-state index >= 15 is 0 Å². The number of hydrogen-bond acceptors (Lipinski definition) is 4. The SMILES string of the molecule is C#CCNc1ccc(-n2cncn2)nc1. The number of nitrogens with one attached hydrogen (secondary N) is 1. The van der Waals surface area contributed by atoms with Crippen molar-refractivity contribution >= 4 is 5.69 Å². The van der Waals surface area contributed by atoms with E-state index in [-0.39, 0.29) is 0 Å². The molecule has 2 aromatic heterocycles. The molecule has 0 aromatic carbocycles. The average Bonchev–Trinajstić information content (AvgIpc) is 2.80. The summed E-state index contributed by atoms with van der Waals surface area (Å²) in [4.78, 5) is 8.04. The summed E-state index contributed by atoms with van der Waals surface area (Å²) in [7, 11) is 0. The largest absolute Gasteiger partial charge is 0.373 e. The highest BCUT2D eigenvalue weighted by Crippen LogP contribution is 2.07. The average molecular weight is 199 g/mol. The minimum absolute atomic E-state index is 0.490. The highest BCUT2D eigenvalue weighted by atomic mass is 15.3. The van der Waals surface area contributed by atoms with Crippen LogP contribution >= 0.6 is 0 Å². The van der Waals surface area contributed by atoms with Gasteiger partial charge in [0.05, 0.1) is 18.4 Å². The molecule has 0 amide bonds. The van der Waals surface area contributed by atoms with Crippen LogP contribution in [0.4, 0.5) is 5.69 Å². The van der Waals surface area contributed by atoms with Crippen molar-refractivity contribution < 1.29 is 0 Å². The molecule has 15 heavy (non-hydrogen) atoms. The van der Waals surface area contributed by atoms with Crippen molar-refractivity contribution in [3.05, 3.63) is 31.0 Å². The number of hydrogen-bond donors (Lipinski definition) is 1. The zero-order valence-corrected chi connectivity index (χ0v) is 7.96. The molecule has 0 aliphatic carbocycles. The molecule has 0 saturated carbocycles. The third-order valence-electron chi connectivity index (χ3n) is 1.80. The maximum absolute atomic E-state index is 5.13. The Kier molecular flexibility index (Phi) is 2.61. The number of rotatable bonds is 3. The van der Waals surface area contributed by atoms with Gasteiger partial charge in [0.15, 0.2) is 5.82 Å². The molecule has 0 aliphatic heterocycles. The summed E-state index contributed by atoms with van der Waals surface area (Å²) in [6.45, 7) is 0.490. The quantitative estimate of drug-likeness (QED) is 0.739. The van der Waals surface area contributed by atoms with Gasteiger partial charge in [-0.05, 0) is 12.1 Å². The van der Waals surface area contributed by atoms with E-state index in [4.69, 9.17) is 6.42 Å². The molecule has 2 rings (SSSR count). The summed E-state index contributed by atoms with van der Waals surface area (Å²) in [5.74, 6) is 3.21. The molecular formula is C10H9N5. The standard InChI is InChI=1S/C10H9N5/c1-2-5-12-9-3-4-10(13-6-9)15-8-11-7-14-15/h1,3-4,6-8,12H,5H2. The van der Waals surface area contributed by atoms with Crippen molar-refractivity contribution in [2.24, 2.45) is 0 Å². The van der Waals surface area contributed by atoms with E-state index in [0.717, 1.165) is 11.5 Å². The van der Waals surface area contributed by atoms with Crippen LogP contribution < -0.4 is 5.32 Å². The van der Waals surface area contributed by atoms with E-state index in [0.29, 0.717) is 6.54 Å². The maximum Gasteiger partial charge on any atom is 0.155 e. The molecule has 0 spiro atoms. The lowest BCUT2D eigenvalue weighted by molar-refractivity contribution is 0.845. The smallest absolute Gasteiger partial charge is 0.155 e. The molecule has 74 valence electrons. The third-order valence-corrected chi connectivity index (χ3v) is 1.80. The molecule has 1 N–H and O–H groups in total. The van der Waals surface area contributed by atoms with Gasteiger partial charge in [0.1, 0.15) is 12.7 Å². The molecule has 0 aliphatic rings. The van der Waals surface area contributed by atoms with Gasteiger partial charge in [-0.25, -0.2) is 14.6 Å². The van der Waals surface area contributed by atoms with Gasteiger partial charge in [-0.1, -0.05) is 5.92 Å². The van der Waals surface area contributed by atoms with Crippen LogP contribution in [0.3, 0.4) is 0 Å². The summed E-state index contributed by atoms with van der Waals surface area (Å²) in [6, 6.07) is 3.73. The van der Waals surface area contributed by atoms with E-state index < -0.39 is 0 Å². The van der Waals surface area contributed by atoms with Gasteiger partial charge in [0, 0.05) is 0 Å². The fourth-order valence-electron chi connectivity index (χ4n) is 1.11. The molecule has 0 bridgehead atoms. The topological polar surface area (TPSA) is 55.6 Å². The molecule has 0 atom stereocenters. The van der Waals surface area contributed by atoms with Gasteiger partial charge in [-0.2, -0.15) is 5.10 Å². The van der Waals surface area contributed by atoms with Crippen LogP contribution in [0.5, 0.6) is 0 Å². The Balaban J connectivity index is 2.15. The molecule has 0 fully saturated rings. The maximum atomic E-state index is 5.13. The Morgan fingerprint density at radius 2 is 2.40 bits per heavy atom. The summed E-state index contributed by atoms with van der Waals surface area (Å²) in [5.41, 5.74) is 0.886. The minimum atomic E-state index is 0.490. The predicted octanol–water partition coefficient (Wildman–Crippen LogP) is 0.707. The summed E-state index contributed by atoms with van der Waals surface area (Å²) in [5, 5.41) is 6.99. The number of aromatic nitrogens is 4. The van der Waals surface area contributed by atoms with Crippen LogP contribution in [0.15, 0.2) is 31.0 Å². The van der Waals surface area contributed by atoms with Crippen LogP contribution in [0.25, 0.3) is 5.82 Å². The Morgan fingerprint density at radius 1 is 1.47 bits per heavy atom. The monoisotopic (exact) mass is 199 g/mol. The van der Waals surface area contributed by atoms with Crippen LogP contribution in [0.2, 0.25) is 0 Å². The second-order valence-corrected chi connectivity index (χ2v) is 2.80. The lowest BCUT2D eigenvalue weighted by Gasteiger charge is -2.03. The molecule has 5 nitrogen and oxygen atoms in total. The number of anilines is 1. The van der Waals surface area contributed by atoms with E-state index in [1.165, 1.54) is 6.33 Å². The zero-order chi connectivity index (χ0) is 10.5. The van der Waals surface area contributed by atoms with Crippen molar-refractivity contribution in [2.75, 3.05) is 11.9 Å². The Labute approximate surface area is 87.2 Å². The molecule has 2 aromatic rings. The van der Waals surface area contributed by atoms with E-state index in [1.807, 2.05) is 12.1 Å². The Hall–Kier alpha value is -2.35. The second kappa shape index (κ2) is 4.24. The van der Waals surface area contributed by atoms with Crippen molar-refractivity contribution in [1.82, 2.24) is 19.7 Å². The highest BCUT2D eigenvalue weighted by molar-refractivity contribution is 5.44. The van der Waals surface area contributed by atoms with Crippen molar-refractivity contribution in [1.29, 1.82) is 0 Å². The van der Waals surface area contributed by atoms with Gasteiger partial charge in [-0.15, -0.1) is 6.42 Å². The number of nitrogens with zero attached hydrogens (tertiary/aromatic N) is 4. The first-order valence-corrected chi connectivity index (χ1v) is 4.38. The number of pyridine rings is 1. The van der Waals surface area contributed by atoms with Gasteiger partial charge in [0.2, 0.25) is 0 Å². The lowest BCUT2D eigenvalue weighted by atomic mass is 10.4. The molecule has 0 saturated heterocycles. The van der Waals surface area contributed by atoms with E-state index in [9.17, 15) is 0 Å². The third kappa shape index (κ3) is 2.11. The van der Waals surface area contributed by atoms with Gasteiger partial charge < -0.3 is 5.32 Å². The van der Waals surface area contributed by atoms with Crippen molar-refractivity contribution in [3.8, 4) is 18.2 Å². The second-order valence-electron chi connectivity index (χ2n) is 2.80. The summed E-state index contributed by atoms with van der Waals surface area (Å²) >= 11 is 0. The summed E-state index contributed by atoms with van der Waals surface area (Å²) < 4.78 is 1.59. The highest BCUT2D eigenvalue weighted by Gasteiger charge is 1.97. The van der Waals surface area contributed by atoms with Gasteiger partial charge >= 0.3 is 0 Å². The molecule has 0 unspecified atom stereocenters. The van der Waals surface area contributed by atoms with Crippen LogP contribution in [-0.4, -0.2) is 26.3 Å². The van der Waals surface area contributed by atoms with Crippen molar-refractivity contribution in [3.63, 3.8) is 0 Å². The first-order chi connectivity index (χ1) is 7.40. The normalized spacial score (nSPS) is 9.53.